The van der Waals surface area contributed by atoms with E-state index in [9.17, 15) is 0 Å². The second-order valence-corrected chi connectivity index (χ2v) is 27.1. The van der Waals surface area contributed by atoms with Crippen LogP contribution in [0.1, 0.15) is 0 Å². The van der Waals surface area contributed by atoms with Crippen molar-refractivity contribution in [2.45, 2.75) is 0 Å². The van der Waals surface area contributed by atoms with Gasteiger partial charge in [0.05, 0.1) is 67.6 Å². The Bertz CT molecular complexity index is 6650. The zero-order valence-corrected chi connectivity index (χ0v) is 58.7. The summed E-state index contributed by atoms with van der Waals surface area (Å²) in [4.78, 5) is 35.3. The monoisotopic (exact) mass is 1380 g/mol. The largest absolute Gasteiger partial charge is 0.255 e. The maximum Gasteiger partial charge on any atom is 0.0972 e. The summed E-state index contributed by atoms with van der Waals surface area (Å²) in [6.45, 7) is 0. The first-order valence-electron chi connectivity index (χ1n) is 36.4. The van der Waals surface area contributed by atoms with Crippen LogP contribution < -0.4 is 0 Å². The van der Waals surface area contributed by atoms with Crippen LogP contribution in [-0.4, -0.2) is 34.9 Å². The van der Waals surface area contributed by atoms with Crippen molar-refractivity contribution in [3.05, 3.63) is 395 Å². The van der Waals surface area contributed by atoms with E-state index in [4.69, 9.17) is 24.9 Å². The van der Waals surface area contributed by atoms with Crippen LogP contribution in [0.3, 0.4) is 0 Å². The quantitative estimate of drug-likeness (QED) is 0.113. The molecule has 0 N–H and O–H groups in total. The first kappa shape index (κ1) is 64.3. The Hall–Kier alpha value is -14.5. The highest BCUT2D eigenvalue weighted by atomic mass is 14.8. The lowest BCUT2D eigenvalue weighted by molar-refractivity contribution is 1.22. The van der Waals surface area contributed by atoms with Gasteiger partial charge in [0.15, 0.2) is 0 Å². The molecule has 20 aromatic rings. The zero-order chi connectivity index (χ0) is 71.7. The first-order valence-corrected chi connectivity index (χ1v) is 36.4. The Morgan fingerprint density at radius 3 is 0.944 bits per heavy atom. The molecule has 0 radical (unpaired) electrons. The van der Waals surface area contributed by atoms with E-state index in [1.807, 2.05) is 54.6 Å². The van der Waals surface area contributed by atoms with E-state index in [-0.39, 0.29) is 0 Å². The van der Waals surface area contributed by atoms with Gasteiger partial charge in [-0.2, -0.15) is 0 Å². The molecule has 0 aliphatic carbocycles. The maximum absolute atomic E-state index is 5.35. The van der Waals surface area contributed by atoms with E-state index in [0.717, 1.165) is 144 Å². The van der Waals surface area contributed by atoms with Gasteiger partial charge >= 0.3 is 0 Å². The summed E-state index contributed by atoms with van der Waals surface area (Å²) in [5.74, 6) is 0. The lowest BCUT2D eigenvalue weighted by atomic mass is 9.91. The molecule has 7 heterocycles. The van der Waals surface area contributed by atoms with Crippen LogP contribution in [0.5, 0.6) is 0 Å². The minimum atomic E-state index is 0.808. The number of fused-ring (bicyclic) bond motifs is 9. The fourth-order valence-electron chi connectivity index (χ4n) is 15.0. The Kier molecular flexibility index (Phi) is 16.8. The molecule has 13 aromatic carbocycles. The molecule has 0 fully saturated rings. The molecule has 7 nitrogen and oxygen atoms in total. The van der Waals surface area contributed by atoms with Crippen LogP contribution in [0.25, 0.3) is 200 Å². The third kappa shape index (κ3) is 12.5. The summed E-state index contributed by atoms with van der Waals surface area (Å²) in [6, 6.07) is 134. The van der Waals surface area contributed by atoms with E-state index < -0.39 is 0 Å². The van der Waals surface area contributed by atoms with Crippen LogP contribution in [-0.2, 0) is 0 Å². The summed E-state index contributed by atoms with van der Waals surface area (Å²) in [5.41, 5.74) is 29.0. The van der Waals surface area contributed by atoms with Gasteiger partial charge in [-0.1, -0.05) is 309 Å². The smallest absolute Gasteiger partial charge is 0.0972 e. The van der Waals surface area contributed by atoms with E-state index >= 15 is 0 Å². The molecule has 0 unspecified atom stereocenters. The van der Waals surface area contributed by atoms with Crippen molar-refractivity contribution in [2.75, 3.05) is 0 Å². The van der Waals surface area contributed by atoms with Crippen molar-refractivity contribution in [3.63, 3.8) is 0 Å². The molecule has 0 aliphatic rings. The van der Waals surface area contributed by atoms with Gasteiger partial charge in [0.1, 0.15) is 0 Å². The Labute approximate surface area is 625 Å². The summed E-state index contributed by atoms with van der Waals surface area (Å²) < 4.78 is 0. The average molecular weight is 1380 g/mol. The highest BCUT2D eigenvalue weighted by molar-refractivity contribution is 6.19. The highest BCUT2D eigenvalue weighted by Crippen LogP contribution is 2.44. The summed E-state index contributed by atoms with van der Waals surface area (Å²) in [6.07, 6.45) is 3.60. The van der Waals surface area contributed by atoms with Crippen LogP contribution in [0.15, 0.2) is 395 Å². The Morgan fingerprint density at radius 2 is 0.509 bits per heavy atom. The molecule has 0 atom stereocenters. The molecule has 0 aliphatic heterocycles. The topological polar surface area (TPSA) is 90.2 Å². The van der Waals surface area contributed by atoms with Crippen LogP contribution in [0, 0.1) is 0 Å². The van der Waals surface area contributed by atoms with Crippen LogP contribution in [0.4, 0.5) is 0 Å². The minimum Gasteiger partial charge on any atom is -0.255 e. The normalized spacial score (nSPS) is 11.3. The predicted molar refractivity (Wildman–Crippen MR) is 448 cm³/mol. The number of hydrogen-bond acceptors (Lipinski definition) is 7. The molecule has 0 saturated carbocycles. The van der Waals surface area contributed by atoms with Crippen LogP contribution in [0.2, 0.25) is 0 Å². The van der Waals surface area contributed by atoms with Gasteiger partial charge in [0.2, 0.25) is 0 Å². The Balaban J connectivity index is 0.000000147. The molecule has 108 heavy (non-hydrogen) atoms. The van der Waals surface area contributed by atoms with Gasteiger partial charge < -0.3 is 0 Å². The van der Waals surface area contributed by atoms with E-state index in [2.05, 4.69) is 338 Å². The van der Waals surface area contributed by atoms with Crippen molar-refractivity contribution in [1.29, 1.82) is 0 Å². The second-order valence-electron chi connectivity index (χ2n) is 27.1. The van der Waals surface area contributed by atoms with Crippen molar-refractivity contribution >= 4 is 65.2 Å². The highest BCUT2D eigenvalue weighted by Gasteiger charge is 2.20. The van der Waals surface area contributed by atoms with Gasteiger partial charge in [0.25, 0.3) is 0 Å². The summed E-state index contributed by atoms with van der Waals surface area (Å²) >= 11 is 0. The SMILES string of the molecule is c1ccc(-c2ccc(-c3nc4ccc(-c5ccc(-c6cc(-c7ccccn7)nc(-c7ccccn7)c6)cc5)cc4c4c(-c5ccccc5)cccc34)cc2)cc1.c1ccc(-c2ccc(-c3nc4ccc(-c5ccc6ccc7ccc(-c8ccccc8)nc7c6n5)cc4c4c(-c5ccccc5)cccc34)cc2)cc1. The first-order chi connectivity index (χ1) is 53.5. The average Bonchev–Trinajstić information content (AvgIpc) is 0.728. The molecular formula is C101H65N7. The third-order valence-corrected chi connectivity index (χ3v) is 20.5. The number of aromatic nitrogens is 7. The lowest BCUT2D eigenvalue weighted by Gasteiger charge is -2.16. The number of benzene rings is 13. The minimum absolute atomic E-state index is 0.808. The van der Waals surface area contributed by atoms with E-state index in [1.54, 1.807) is 12.4 Å². The third-order valence-electron chi connectivity index (χ3n) is 20.5. The van der Waals surface area contributed by atoms with Crippen molar-refractivity contribution in [1.82, 2.24) is 34.9 Å². The van der Waals surface area contributed by atoms with Gasteiger partial charge in [-0.25, -0.2) is 24.9 Å². The summed E-state index contributed by atoms with van der Waals surface area (Å²) in [5, 5.41) is 8.99. The molecule has 0 bridgehead atoms. The van der Waals surface area contributed by atoms with Gasteiger partial charge in [-0.3, -0.25) is 9.97 Å². The fourth-order valence-corrected chi connectivity index (χ4v) is 15.0. The molecular weight excluding hydrogens is 1310 g/mol. The molecule has 7 heteroatoms. The number of rotatable bonds is 12. The Morgan fingerprint density at radius 1 is 0.167 bits per heavy atom. The molecule has 20 rings (SSSR count). The molecule has 0 spiro atoms. The standard InChI is InChI=1S/C52H34N4.C49H31N3/c1-3-12-35(13-4-1)36-24-26-40(27-25-36)52-44-17-11-16-43(39-14-5-2-6-15-39)51(44)45-32-41(28-29-46(45)56-52)37-20-22-38(23-21-37)42-33-49(47-18-7-9-30-53-47)55-50(34-42)48-19-8-10-31-54-48;1-4-11-32(12-5-1)33-19-21-36(22-20-33)47-41-18-10-17-40(34-13-6-2-7-14-34)46(41)42-31-39(27-30-45(42)52-47)44-29-26-38-24-23-37-25-28-43(35-15-8-3-9-16-35)50-48(37)49(38)51-44/h1-34H;1-31H. The fraction of sp³-hybridized carbons (Fsp3) is 0. The van der Waals surface area contributed by atoms with Crippen molar-refractivity contribution in [3.8, 4) is 135 Å². The second kappa shape index (κ2) is 28.3. The van der Waals surface area contributed by atoms with Gasteiger partial charge in [-0.15, -0.1) is 0 Å². The van der Waals surface area contributed by atoms with E-state index in [0.29, 0.717) is 0 Å². The number of pyridine rings is 7. The van der Waals surface area contributed by atoms with Gasteiger partial charge in [0, 0.05) is 77.7 Å². The predicted octanol–water partition coefficient (Wildman–Crippen LogP) is 26.1. The molecule has 7 aromatic heterocycles. The van der Waals surface area contributed by atoms with Crippen molar-refractivity contribution < 1.29 is 0 Å². The number of nitrogens with zero attached hydrogens (tertiary/aromatic N) is 7. The maximum atomic E-state index is 5.35. The molecule has 0 amide bonds. The van der Waals surface area contributed by atoms with E-state index in [1.165, 1.54) is 55.3 Å². The van der Waals surface area contributed by atoms with Crippen molar-refractivity contribution in [2.24, 2.45) is 0 Å². The molecule has 0 saturated heterocycles. The number of hydrogen-bond donors (Lipinski definition) is 0. The van der Waals surface area contributed by atoms with Gasteiger partial charge in [-0.05, 0) is 140 Å². The lowest BCUT2D eigenvalue weighted by Crippen LogP contribution is -1.94. The molecule has 504 valence electrons. The van der Waals surface area contributed by atoms with Crippen LogP contribution >= 0.6 is 0 Å². The summed E-state index contributed by atoms with van der Waals surface area (Å²) in [7, 11) is 0. The zero-order valence-electron chi connectivity index (χ0n) is 58.7.